The van der Waals surface area contributed by atoms with Crippen molar-refractivity contribution < 1.29 is 35.1 Å². The number of phenolic OH excluding ortho intramolecular Hbond substituents is 4. The van der Waals surface area contributed by atoms with E-state index in [1.165, 1.54) is 30.3 Å². The molecule has 0 aliphatic heterocycles. The van der Waals surface area contributed by atoms with Crippen LogP contribution in [0.15, 0.2) is 36.4 Å². The topological polar surface area (TPSA) is 161 Å². The Morgan fingerprint density at radius 1 is 1.00 bits per heavy atom. The SMILES string of the molecule is NC(Cc1ccc(O)c(O)c1C(=O)/C=C/c1ccc(O)c(O)c1)C(=O)O. The van der Waals surface area contributed by atoms with E-state index in [4.69, 9.17) is 10.8 Å². The Morgan fingerprint density at radius 2 is 1.65 bits per heavy atom. The number of aliphatic carboxylic acids is 1. The molecule has 8 heteroatoms. The van der Waals surface area contributed by atoms with Gasteiger partial charge in [-0.1, -0.05) is 18.2 Å². The van der Waals surface area contributed by atoms with Crippen molar-refractivity contribution in [2.45, 2.75) is 12.5 Å². The average Bonchev–Trinajstić information content (AvgIpc) is 2.59. The van der Waals surface area contributed by atoms with Gasteiger partial charge in [0.1, 0.15) is 6.04 Å². The maximum absolute atomic E-state index is 12.5. The summed E-state index contributed by atoms with van der Waals surface area (Å²) in [4.78, 5) is 23.4. The molecule has 2 aromatic carbocycles. The summed E-state index contributed by atoms with van der Waals surface area (Å²) in [5.74, 6) is -3.86. The van der Waals surface area contributed by atoms with Gasteiger partial charge in [0.05, 0.1) is 5.56 Å². The molecule has 1 atom stereocenters. The minimum Gasteiger partial charge on any atom is -0.504 e. The molecule has 0 saturated heterocycles. The fraction of sp³-hybridized carbons (Fsp3) is 0.111. The zero-order chi connectivity index (χ0) is 19.4. The van der Waals surface area contributed by atoms with Gasteiger partial charge in [-0.05, 0) is 41.8 Å². The highest BCUT2D eigenvalue weighted by atomic mass is 16.4. The molecule has 0 aromatic heterocycles. The fourth-order valence-corrected chi connectivity index (χ4v) is 2.29. The van der Waals surface area contributed by atoms with Crippen LogP contribution in [-0.2, 0) is 11.2 Å². The number of carbonyl (C=O) groups excluding carboxylic acids is 1. The van der Waals surface area contributed by atoms with Gasteiger partial charge in [0.15, 0.2) is 28.8 Å². The number of phenols is 4. The molecule has 8 nitrogen and oxygen atoms in total. The van der Waals surface area contributed by atoms with Crippen LogP contribution in [0.25, 0.3) is 6.08 Å². The molecule has 136 valence electrons. The van der Waals surface area contributed by atoms with E-state index in [0.29, 0.717) is 5.56 Å². The van der Waals surface area contributed by atoms with E-state index in [-0.39, 0.29) is 29.0 Å². The van der Waals surface area contributed by atoms with E-state index >= 15 is 0 Å². The van der Waals surface area contributed by atoms with Crippen molar-refractivity contribution >= 4 is 17.8 Å². The molecule has 0 fully saturated rings. The van der Waals surface area contributed by atoms with Gasteiger partial charge in [0.25, 0.3) is 0 Å². The number of carboxylic acids is 1. The third-order valence-electron chi connectivity index (χ3n) is 3.67. The van der Waals surface area contributed by atoms with Crippen LogP contribution in [0.2, 0.25) is 0 Å². The van der Waals surface area contributed by atoms with Crippen LogP contribution >= 0.6 is 0 Å². The average molecular weight is 359 g/mol. The third-order valence-corrected chi connectivity index (χ3v) is 3.67. The zero-order valence-electron chi connectivity index (χ0n) is 13.5. The number of allylic oxidation sites excluding steroid dienone is 1. The maximum Gasteiger partial charge on any atom is 0.320 e. The van der Waals surface area contributed by atoms with Crippen molar-refractivity contribution in [1.29, 1.82) is 0 Å². The molecule has 26 heavy (non-hydrogen) atoms. The summed E-state index contributed by atoms with van der Waals surface area (Å²) in [6, 6.07) is 5.07. The van der Waals surface area contributed by atoms with E-state index < -0.39 is 29.3 Å². The lowest BCUT2D eigenvalue weighted by molar-refractivity contribution is -0.138. The molecule has 0 aliphatic rings. The lowest BCUT2D eigenvalue weighted by Crippen LogP contribution is -2.32. The molecular formula is C18H17NO7. The van der Waals surface area contributed by atoms with Gasteiger partial charge in [0.2, 0.25) is 0 Å². The molecule has 0 bridgehead atoms. The molecule has 0 spiro atoms. The van der Waals surface area contributed by atoms with Gasteiger partial charge in [-0.2, -0.15) is 0 Å². The smallest absolute Gasteiger partial charge is 0.320 e. The Hall–Kier alpha value is -3.52. The van der Waals surface area contributed by atoms with Crippen LogP contribution < -0.4 is 5.73 Å². The van der Waals surface area contributed by atoms with Crippen LogP contribution in [0.1, 0.15) is 21.5 Å². The normalized spacial score (nSPS) is 12.2. The Balaban J connectivity index is 2.37. The zero-order valence-corrected chi connectivity index (χ0v) is 13.5. The molecular weight excluding hydrogens is 342 g/mol. The molecule has 0 heterocycles. The summed E-state index contributed by atoms with van der Waals surface area (Å²) in [6.45, 7) is 0. The van der Waals surface area contributed by atoms with E-state index in [1.54, 1.807) is 0 Å². The number of benzene rings is 2. The Bertz CT molecular complexity index is 889. The monoisotopic (exact) mass is 359 g/mol. The molecule has 1 unspecified atom stereocenters. The minimum atomic E-state index is -1.29. The van der Waals surface area contributed by atoms with Crippen molar-refractivity contribution in [3.05, 3.63) is 53.1 Å². The lowest BCUT2D eigenvalue weighted by Gasteiger charge is -2.12. The number of rotatable bonds is 6. The predicted molar refractivity (Wildman–Crippen MR) is 92.2 cm³/mol. The summed E-state index contributed by atoms with van der Waals surface area (Å²) < 4.78 is 0. The van der Waals surface area contributed by atoms with Gasteiger partial charge >= 0.3 is 5.97 Å². The molecule has 2 rings (SSSR count). The summed E-state index contributed by atoms with van der Waals surface area (Å²) in [7, 11) is 0. The first-order chi connectivity index (χ1) is 12.2. The second-order valence-corrected chi connectivity index (χ2v) is 5.56. The number of nitrogens with two attached hydrogens (primary N) is 1. The van der Waals surface area contributed by atoms with Crippen LogP contribution in [0.3, 0.4) is 0 Å². The summed E-state index contributed by atoms with van der Waals surface area (Å²) in [5.41, 5.74) is 5.78. The number of hydrogen-bond acceptors (Lipinski definition) is 7. The van der Waals surface area contributed by atoms with Crippen molar-refractivity contribution in [2.24, 2.45) is 5.73 Å². The van der Waals surface area contributed by atoms with Crippen molar-refractivity contribution in [2.75, 3.05) is 0 Å². The first-order valence-corrected chi connectivity index (χ1v) is 7.47. The first-order valence-electron chi connectivity index (χ1n) is 7.47. The Morgan fingerprint density at radius 3 is 2.27 bits per heavy atom. The molecule has 0 amide bonds. The maximum atomic E-state index is 12.5. The Labute approximate surface area is 148 Å². The molecule has 7 N–H and O–H groups in total. The second kappa shape index (κ2) is 7.58. The number of hydrogen-bond donors (Lipinski definition) is 6. The van der Waals surface area contributed by atoms with Gasteiger partial charge < -0.3 is 31.3 Å². The second-order valence-electron chi connectivity index (χ2n) is 5.56. The quantitative estimate of drug-likeness (QED) is 0.256. The minimum absolute atomic E-state index is 0.165. The number of ketones is 1. The van der Waals surface area contributed by atoms with Crippen LogP contribution in [0.5, 0.6) is 23.0 Å². The van der Waals surface area contributed by atoms with E-state index in [0.717, 1.165) is 12.1 Å². The lowest BCUT2D eigenvalue weighted by atomic mass is 9.96. The van der Waals surface area contributed by atoms with Gasteiger partial charge in [-0.3, -0.25) is 9.59 Å². The van der Waals surface area contributed by atoms with E-state index in [1.807, 2.05) is 0 Å². The van der Waals surface area contributed by atoms with Gasteiger partial charge in [-0.25, -0.2) is 0 Å². The number of aromatic hydroxyl groups is 4. The fourth-order valence-electron chi connectivity index (χ4n) is 2.29. The molecule has 0 aliphatic carbocycles. The highest BCUT2D eigenvalue weighted by molar-refractivity contribution is 6.10. The van der Waals surface area contributed by atoms with Gasteiger partial charge in [-0.15, -0.1) is 0 Å². The van der Waals surface area contributed by atoms with Crippen LogP contribution in [-0.4, -0.2) is 43.3 Å². The molecule has 0 saturated carbocycles. The van der Waals surface area contributed by atoms with E-state index in [2.05, 4.69) is 0 Å². The standard InChI is InChI=1S/C18H17NO7/c19-11(18(25)26)8-10-3-6-14(22)17(24)16(10)13(21)5-2-9-1-4-12(20)15(23)7-9/h1-7,11,20,22-24H,8,19H2,(H,25,26)/b5-2+. The highest BCUT2D eigenvalue weighted by Crippen LogP contribution is 2.33. The van der Waals surface area contributed by atoms with E-state index in [9.17, 15) is 30.0 Å². The third kappa shape index (κ3) is 4.11. The van der Waals surface area contributed by atoms with Gasteiger partial charge in [0, 0.05) is 0 Å². The summed E-state index contributed by atoms with van der Waals surface area (Å²) in [5, 5.41) is 47.3. The molecule has 2 aromatic rings. The predicted octanol–water partition coefficient (Wildman–Crippen LogP) is 1.36. The molecule has 0 radical (unpaired) electrons. The Kier molecular flexibility index (Phi) is 5.48. The van der Waals surface area contributed by atoms with Crippen molar-refractivity contribution in [3.63, 3.8) is 0 Å². The summed E-state index contributed by atoms with van der Waals surface area (Å²) >= 11 is 0. The van der Waals surface area contributed by atoms with Crippen LogP contribution in [0, 0.1) is 0 Å². The number of carbonyl (C=O) groups is 2. The first kappa shape index (κ1) is 18.8. The van der Waals surface area contributed by atoms with Crippen molar-refractivity contribution in [1.82, 2.24) is 0 Å². The van der Waals surface area contributed by atoms with Crippen LogP contribution in [0.4, 0.5) is 0 Å². The summed E-state index contributed by atoms with van der Waals surface area (Å²) in [6.07, 6.45) is 2.18. The van der Waals surface area contributed by atoms with Crippen molar-refractivity contribution in [3.8, 4) is 23.0 Å². The highest BCUT2D eigenvalue weighted by Gasteiger charge is 2.21. The number of carboxylic acid groups (broad SMARTS) is 1. The largest absolute Gasteiger partial charge is 0.504 e.